The summed E-state index contributed by atoms with van der Waals surface area (Å²) in [5.74, 6) is 0.125. The smallest absolute Gasteiger partial charge is 0.257 e. The molecule has 0 N–H and O–H groups in total. The highest BCUT2D eigenvalue weighted by Gasteiger charge is 2.50. The number of hydrogen-bond donors (Lipinski definition) is 0. The lowest BCUT2D eigenvalue weighted by molar-refractivity contribution is -0.127. The normalized spacial score (nSPS) is 23.5. The molecule has 2 aromatic rings. The van der Waals surface area contributed by atoms with Crippen molar-refractivity contribution in [2.24, 2.45) is 12.5 Å². The van der Waals surface area contributed by atoms with Crippen LogP contribution in [0.25, 0.3) is 0 Å². The van der Waals surface area contributed by atoms with Crippen molar-refractivity contribution in [1.82, 2.24) is 14.7 Å². The van der Waals surface area contributed by atoms with Crippen LogP contribution in [0.5, 0.6) is 0 Å². The molecule has 25 heavy (non-hydrogen) atoms. The largest absolute Gasteiger partial charge is 0.337 e. The lowest BCUT2D eigenvalue weighted by atomic mass is 9.78. The Morgan fingerprint density at radius 2 is 1.96 bits per heavy atom. The number of amides is 2. The van der Waals surface area contributed by atoms with Crippen LogP contribution in [0.3, 0.4) is 0 Å². The number of para-hydroxylation sites is 1. The number of piperidine rings is 1. The minimum atomic E-state index is -0.439. The summed E-state index contributed by atoms with van der Waals surface area (Å²) in [5, 5.41) is 4.08. The predicted molar refractivity (Wildman–Crippen MR) is 94.2 cm³/mol. The van der Waals surface area contributed by atoms with Crippen LogP contribution in [0.2, 0.25) is 0 Å². The Hall–Kier alpha value is -2.63. The Labute approximate surface area is 147 Å². The van der Waals surface area contributed by atoms with Gasteiger partial charge < -0.3 is 9.80 Å². The van der Waals surface area contributed by atoms with Gasteiger partial charge in [0.25, 0.3) is 5.91 Å². The summed E-state index contributed by atoms with van der Waals surface area (Å²) in [7, 11) is 1.80. The van der Waals surface area contributed by atoms with Gasteiger partial charge in [-0.15, -0.1) is 0 Å². The van der Waals surface area contributed by atoms with Gasteiger partial charge in [-0.25, -0.2) is 0 Å². The van der Waals surface area contributed by atoms with Crippen LogP contribution >= 0.6 is 0 Å². The molecule has 4 rings (SSSR count). The average molecular weight is 338 g/mol. The molecule has 0 aliphatic carbocycles. The quantitative estimate of drug-likeness (QED) is 0.842. The molecule has 1 spiro atoms. The molecule has 130 valence electrons. The fourth-order valence-electron chi connectivity index (χ4n) is 4.07. The van der Waals surface area contributed by atoms with Crippen LogP contribution in [-0.2, 0) is 11.8 Å². The second kappa shape index (κ2) is 6.02. The number of carbonyl (C=O) groups excluding carboxylic acids is 2. The number of benzene rings is 1. The molecular weight excluding hydrogens is 316 g/mol. The number of anilines is 1. The number of hydrogen-bond acceptors (Lipinski definition) is 3. The van der Waals surface area contributed by atoms with E-state index in [-0.39, 0.29) is 11.8 Å². The van der Waals surface area contributed by atoms with Gasteiger partial charge in [-0.1, -0.05) is 18.2 Å². The van der Waals surface area contributed by atoms with Crippen molar-refractivity contribution in [2.45, 2.75) is 19.3 Å². The molecule has 0 saturated carbocycles. The first-order chi connectivity index (χ1) is 12.1. The molecular formula is C19H22N4O2. The van der Waals surface area contributed by atoms with Gasteiger partial charge in [0, 0.05) is 38.6 Å². The predicted octanol–water partition coefficient (Wildman–Crippen LogP) is 2.08. The fourth-order valence-corrected chi connectivity index (χ4v) is 4.07. The van der Waals surface area contributed by atoms with E-state index >= 15 is 0 Å². The highest BCUT2D eigenvalue weighted by Crippen LogP contribution is 2.42. The van der Waals surface area contributed by atoms with Crippen molar-refractivity contribution in [1.29, 1.82) is 0 Å². The van der Waals surface area contributed by atoms with Gasteiger partial charge in [-0.3, -0.25) is 14.3 Å². The van der Waals surface area contributed by atoms with E-state index in [2.05, 4.69) is 5.10 Å². The fraction of sp³-hybridized carbons (Fsp3) is 0.421. The van der Waals surface area contributed by atoms with Gasteiger partial charge in [0.2, 0.25) is 5.91 Å². The van der Waals surface area contributed by atoms with Crippen molar-refractivity contribution < 1.29 is 9.59 Å². The molecule has 0 radical (unpaired) electrons. The van der Waals surface area contributed by atoms with Crippen molar-refractivity contribution in [2.75, 3.05) is 24.5 Å². The van der Waals surface area contributed by atoms with E-state index in [4.69, 9.17) is 0 Å². The van der Waals surface area contributed by atoms with E-state index in [1.165, 1.54) is 0 Å². The van der Waals surface area contributed by atoms with Crippen molar-refractivity contribution in [3.8, 4) is 0 Å². The first-order valence-electron chi connectivity index (χ1n) is 8.74. The van der Waals surface area contributed by atoms with Gasteiger partial charge in [-0.2, -0.15) is 5.10 Å². The molecule has 6 nitrogen and oxygen atoms in total. The lowest BCUT2D eigenvalue weighted by Crippen LogP contribution is -2.49. The van der Waals surface area contributed by atoms with Gasteiger partial charge in [0.15, 0.2) is 0 Å². The van der Waals surface area contributed by atoms with Crippen LogP contribution in [-0.4, -0.2) is 46.1 Å². The molecule has 0 bridgehead atoms. The number of nitrogens with zero attached hydrogens (tertiary/aromatic N) is 4. The molecule has 2 saturated heterocycles. The van der Waals surface area contributed by atoms with Crippen LogP contribution in [0.4, 0.5) is 5.69 Å². The number of aryl methyl sites for hydroxylation is 1. The zero-order chi connectivity index (χ0) is 17.4. The monoisotopic (exact) mass is 338 g/mol. The lowest BCUT2D eigenvalue weighted by Gasteiger charge is -2.38. The Morgan fingerprint density at radius 3 is 2.68 bits per heavy atom. The third kappa shape index (κ3) is 2.71. The van der Waals surface area contributed by atoms with E-state index < -0.39 is 5.41 Å². The molecule has 1 aromatic carbocycles. The van der Waals surface area contributed by atoms with Gasteiger partial charge in [0.1, 0.15) is 0 Å². The zero-order valence-electron chi connectivity index (χ0n) is 14.4. The Morgan fingerprint density at radius 1 is 1.16 bits per heavy atom. The first kappa shape index (κ1) is 15.9. The summed E-state index contributed by atoms with van der Waals surface area (Å²) in [6.45, 7) is 1.93. The Balaban J connectivity index is 1.54. The van der Waals surface area contributed by atoms with E-state index in [0.717, 1.165) is 31.5 Å². The van der Waals surface area contributed by atoms with Crippen molar-refractivity contribution >= 4 is 17.5 Å². The second-order valence-corrected chi connectivity index (χ2v) is 7.06. The maximum atomic E-state index is 13.2. The summed E-state index contributed by atoms with van der Waals surface area (Å²) in [4.78, 5) is 29.6. The van der Waals surface area contributed by atoms with Crippen LogP contribution in [0, 0.1) is 5.41 Å². The van der Waals surface area contributed by atoms with Crippen molar-refractivity contribution in [3.63, 3.8) is 0 Å². The second-order valence-electron chi connectivity index (χ2n) is 7.06. The summed E-state index contributed by atoms with van der Waals surface area (Å²) in [6, 6.07) is 9.80. The number of aromatic nitrogens is 2. The molecule has 6 heteroatoms. The Bertz CT molecular complexity index is 801. The summed E-state index contributed by atoms with van der Waals surface area (Å²) >= 11 is 0. The van der Waals surface area contributed by atoms with E-state index in [0.29, 0.717) is 18.7 Å². The highest BCUT2D eigenvalue weighted by atomic mass is 16.2. The van der Waals surface area contributed by atoms with Gasteiger partial charge >= 0.3 is 0 Å². The van der Waals surface area contributed by atoms with Gasteiger partial charge in [0.05, 0.1) is 17.2 Å². The highest BCUT2D eigenvalue weighted by molar-refractivity contribution is 6.01. The van der Waals surface area contributed by atoms with E-state index in [9.17, 15) is 9.59 Å². The maximum absolute atomic E-state index is 13.2. The minimum absolute atomic E-state index is 0.0295. The molecule has 1 aromatic heterocycles. The summed E-state index contributed by atoms with van der Waals surface area (Å²) in [5.41, 5.74) is 1.09. The topological polar surface area (TPSA) is 58.4 Å². The zero-order valence-corrected chi connectivity index (χ0v) is 14.4. The van der Waals surface area contributed by atoms with E-state index in [1.54, 1.807) is 24.1 Å². The van der Waals surface area contributed by atoms with Crippen LogP contribution in [0.1, 0.15) is 29.6 Å². The summed E-state index contributed by atoms with van der Waals surface area (Å²) in [6.07, 6.45) is 5.84. The van der Waals surface area contributed by atoms with Crippen molar-refractivity contribution in [3.05, 3.63) is 48.3 Å². The maximum Gasteiger partial charge on any atom is 0.257 e. The number of carbonyl (C=O) groups is 2. The SMILES string of the molecule is Cn1cc(C(=O)N2CCCC3(CCN(c4ccccc4)C3=O)C2)cn1. The number of rotatable bonds is 2. The van der Waals surface area contributed by atoms with Crippen LogP contribution in [0.15, 0.2) is 42.7 Å². The number of likely N-dealkylation sites (tertiary alicyclic amines) is 1. The first-order valence-corrected chi connectivity index (χ1v) is 8.74. The minimum Gasteiger partial charge on any atom is -0.337 e. The molecule has 2 aliphatic rings. The summed E-state index contributed by atoms with van der Waals surface area (Å²) < 4.78 is 1.63. The third-order valence-electron chi connectivity index (χ3n) is 5.40. The average Bonchev–Trinajstić information content (AvgIpc) is 3.20. The molecule has 2 aliphatic heterocycles. The molecule has 1 unspecified atom stereocenters. The third-order valence-corrected chi connectivity index (χ3v) is 5.40. The molecule has 1 atom stereocenters. The standard InChI is InChI=1S/C19H22N4O2/c1-21-13-15(12-20-21)17(24)22-10-5-8-19(14-22)9-11-23(18(19)25)16-6-3-2-4-7-16/h2-4,6-7,12-13H,5,8-11,14H2,1H3. The molecule has 2 amide bonds. The molecule has 3 heterocycles. The Kier molecular flexibility index (Phi) is 3.82. The van der Waals surface area contributed by atoms with Gasteiger partial charge in [-0.05, 0) is 31.4 Å². The van der Waals surface area contributed by atoms with Crippen LogP contribution < -0.4 is 4.90 Å². The van der Waals surface area contributed by atoms with E-state index in [1.807, 2.05) is 40.1 Å². The molecule has 2 fully saturated rings.